The molecule has 0 saturated carbocycles. The Morgan fingerprint density at radius 1 is 1.19 bits per heavy atom. The maximum atomic E-state index is 13.1. The van der Waals surface area contributed by atoms with Crippen LogP contribution in [0, 0.1) is 11.7 Å². The number of amides is 1. The topological polar surface area (TPSA) is 50.8 Å². The molecule has 144 valence electrons. The minimum atomic E-state index is -0.233. The summed E-state index contributed by atoms with van der Waals surface area (Å²) in [6, 6.07) is 11.9. The molecule has 1 heterocycles. The quantitative estimate of drug-likeness (QED) is 0.840. The first kappa shape index (κ1) is 19.2. The lowest BCUT2D eigenvalue weighted by atomic mass is 9.96. The molecule has 3 rings (SSSR count). The second-order valence-corrected chi connectivity index (χ2v) is 6.76. The van der Waals surface area contributed by atoms with Crippen molar-refractivity contribution < 1.29 is 18.7 Å². The number of methoxy groups -OCH3 is 2. The average Bonchev–Trinajstić information content (AvgIpc) is 2.70. The number of anilines is 1. The van der Waals surface area contributed by atoms with Crippen LogP contribution in [0.3, 0.4) is 0 Å². The van der Waals surface area contributed by atoms with Gasteiger partial charge in [-0.15, -0.1) is 0 Å². The van der Waals surface area contributed by atoms with Crippen LogP contribution in [-0.2, 0) is 11.3 Å². The number of carbonyl (C=O) groups is 1. The Morgan fingerprint density at radius 3 is 2.67 bits per heavy atom. The van der Waals surface area contributed by atoms with Crippen molar-refractivity contribution in [3.63, 3.8) is 0 Å². The van der Waals surface area contributed by atoms with Gasteiger partial charge in [0.25, 0.3) is 0 Å². The summed E-state index contributed by atoms with van der Waals surface area (Å²) in [7, 11) is 3.15. The number of benzene rings is 2. The van der Waals surface area contributed by atoms with Gasteiger partial charge in [-0.3, -0.25) is 9.69 Å². The highest BCUT2D eigenvalue weighted by Gasteiger charge is 2.26. The van der Waals surface area contributed by atoms with Crippen molar-refractivity contribution in [3.8, 4) is 11.5 Å². The summed E-state index contributed by atoms with van der Waals surface area (Å²) < 4.78 is 23.6. The molecule has 0 aromatic heterocycles. The molecule has 2 aromatic rings. The van der Waals surface area contributed by atoms with E-state index >= 15 is 0 Å². The van der Waals surface area contributed by atoms with Crippen LogP contribution in [-0.4, -0.2) is 38.1 Å². The standard InChI is InChI=1S/C21H25FN2O3/c1-26-18-9-10-19(20(12-18)27-2)23-21(25)16-4-3-11-24(14-16)13-15-5-7-17(22)8-6-15/h5-10,12,16H,3-4,11,13-14H2,1-2H3,(H,23,25)/t16-/m1/s1. The Bertz CT molecular complexity index is 779. The number of rotatable bonds is 6. The fourth-order valence-corrected chi connectivity index (χ4v) is 3.40. The Morgan fingerprint density at radius 2 is 1.96 bits per heavy atom. The van der Waals surface area contributed by atoms with Crippen LogP contribution in [0.2, 0.25) is 0 Å². The fraction of sp³-hybridized carbons (Fsp3) is 0.381. The molecular weight excluding hydrogens is 347 g/mol. The molecular formula is C21H25FN2O3. The molecule has 6 heteroatoms. The highest BCUT2D eigenvalue weighted by atomic mass is 19.1. The van der Waals surface area contributed by atoms with Crippen LogP contribution in [0.15, 0.2) is 42.5 Å². The molecule has 1 saturated heterocycles. The van der Waals surface area contributed by atoms with Crippen LogP contribution >= 0.6 is 0 Å². The summed E-state index contributed by atoms with van der Waals surface area (Å²) in [6.45, 7) is 2.34. The van der Waals surface area contributed by atoms with Crippen molar-refractivity contribution in [2.75, 3.05) is 32.6 Å². The smallest absolute Gasteiger partial charge is 0.228 e. The maximum absolute atomic E-state index is 13.1. The predicted molar refractivity (Wildman–Crippen MR) is 103 cm³/mol. The number of halogens is 1. The Balaban J connectivity index is 1.62. The van der Waals surface area contributed by atoms with Gasteiger partial charge in [0.15, 0.2) is 0 Å². The molecule has 1 N–H and O–H groups in total. The first-order valence-electron chi connectivity index (χ1n) is 9.08. The van der Waals surface area contributed by atoms with E-state index in [0.29, 0.717) is 23.7 Å². The van der Waals surface area contributed by atoms with E-state index in [1.165, 1.54) is 12.1 Å². The van der Waals surface area contributed by atoms with E-state index in [0.717, 1.165) is 31.5 Å². The van der Waals surface area contributed by atoms with Crippen LogP contribution in [0.4, 0.5) is 10.1 Å². The van der Waals surface area contributed by atoms with Crippen LogP contribution in [0.25, 0.3) is 0 Å². The van der Waals surface area contributed by atoms with E-state index in [1.54, 1.807) is 44.6 Å². The van der Waals surface area contributed by atoms with E-state index in [9.17, 15) is 9.18 Å². The minimum absolute atomic E-state index is 0.0118. The zero-order valence-electron chi connectivity index (χ0n) is 15.7. The maximum Gasteiger partial charge on any atom is 0.228 e. The van der Waals surface area contributed by atoms with Crippen LogP contribution in [0.5, 0.6) is 11.5 Å². The molecule has 1 aliphatic heterocycles. The van der Waals surface area contributed by atoms with Gasteiger partial charge in [-0.05, 0) is 49.2 Å². The van der Waals surface area contributed by atoms with Crippen molar-refractivity contribution in [1.82, 2.24) is 4.90 Å². The number of likely N-dealkylation sites (tertiary alicyclic amines) is 1. The summed E-state index contributed by atoms with van der Waals surface area (Å²) in [5, 5.41) is 2.98. The van der Waals surface area contributed by atoms with Crippen molar-refractivity contribution in [3.05, 3.63) is 53.8 Å². The minimum Gasteiger partial charge on any atom is -0.497 e. The third-order valence-corrected chi connectivity index (χ3v) is 4.86. The molecule has 0 aliphatic carbocycles. The number of nitrogens with zero attached hydrogens (tertiary/aromatic N) is 1. The molecule has 2 aromatic carbocycles. The largest absolute Gasteiger partial charge is 0.497 e. The summed E-state index contributed by atoms with van der Waals surface area (Å²) in [4.78, 5) is 15.0. The summed E-state index contributed by atoms with van der Waals surface area (Å²) in [5.74, 6) is 0.908. The normalized spacial score (nSPS) is 17.4. The average molecular weight is 372 g/mol. The predicted octanol–water partition coefficient (Wildman–Crippen LogP) is 3.69. The summed E-state index contributed by atoms with van der Waals surface area (Å²) in [5.41, 5.74) is 1.69. The number of ether oxygens (including phenoxy) is 2. The monoisotopic (exact) mass is 372 g/mol. The highest BCUT2D eigenvalue weighted by Crippen LogP contribution is 2.30. The highest BCUT2D eigenvalue weighted by molar-refractivity contribution is 5.94. The summed E-state index contributed by atoms with van der Waals surface area (Å²) >= 11 is 0. The zero-order chi connectivity index (χ0) is 19.2. The lowest BCUT2D eigenvalue weighted by Crippen LogP contribution is -2.40. The van der Waals surface area contributed by atoms with Gasteiger partial charge in [-0.1, -0.05) is 12.1 Å². The number of carbonyl (C=O) groups excluding carboxylic acids is 1. The molecule has 1 atom stereocenters. The molecule has 1 amide bonds. The first-order valence-corrected chi connectivity index (χ1v) is 9.08. The first-order chi connectivity index (χ1) is 13.1. The van der Waals surface area contributed by atoms with Gasteiger partial charge in [0.05, 0.1) is 25.8 Å². The molecule has 0 bridgehead atoms. The van der Waals surface area contributed by atoms with Crippen LogP contribution in [0.1, 0.15) is 18.4 Å². The van der Waals surface area contributed by atoms with Gasteiger partial charge in [0, 0.05) is 19.2 Å². The second-order valence-electron chi connectivity index (χ2n) is 6.76. The molecule has 0 unspecified atom stereocenters. The van der Waals surface area contributed by atoms with Gasteiger partial charge in [-0.2, -0.15) is 0 Å². The van der Waals surface area contributed by atoms with E-state index in [2.05, 4.69) is 10.2 Å². The molecule has 0 spiro atoms. The number of piperidine rings is 1. The van der Waals surface area contributed by atoms with E-state index in [1.807, 2.05) is 0 Å². The van der Waals surface area contributed by atoms with Crippen molar-refractivity contribution in [1.29, 1.82) is 0 Å². The zero-order valence-corrected chi connectivity index (χ0v) is 15.7. The molecule has 1 aliphatic rings. The lowest BCUT2D eigenvalue weighted by molar-refractivity contribution is -0.121. The second kappa shape index (κ2) is 8.86. The summed E-state index contributed by atoms with van der Waals surface area (Å²) in [6.07, 6.45) is 1.81. The number of hydrogen-bond acceptors (Lipinski definition) is 4. The van der Waals surface area contributed by atoms with Gasteiger partial charge >= 0.3 is 0 Å². The van der Waals surface area contributed by atoms with Gasteiger partial charge in [0.2, 0.25) is 5.91 Å². The van der Waals surface area contributed by atoms with E-state index in [-0.39, 0.29) is 17.6 Å². The molecule has 5 nitrogen and oxygen atoms in total. The van der Waals surface area contributed by atoms with Gasteiger partial charge in [0.1, 0.15) is 17.3 Å². The third kappa shape index (κ3) is 4.98. The number of nitrogens with one attached hydrogen (secondary N) is 1. The van der Waals surface area contributed by atoms with Crippen molar-refractivity contribution in [2.24, 2.45) is 5.92 Å². The molecule has 27 heavy (non-hydrogen) atoms. The Kier molecular flexibility index (Phi) is 6.29. The molecule has 1 fully saturated rings. The lowest BCUT2D eigenvalue weighted by Gasteiger charge is -2.32. The fourth-order valence-electron chi connectivity index (χ4n) is 3.40. The number of hydrogen-bond donors (Lipinski definition) is 1. The van der Waals surface area contributed by atoms with Gasteiger partial charge in [-0.25, -0.2) is 4.39 Å². The van der Waals surface area contributed by atoms with Gasteiger partial charge < -0.3 is 14.8 Å². The Labute approximate surface area is 159 Å². The van der Waals surface area contributed by atoms with E-state index < -0.39 is 0 Å². The van der Waals surface area contributed by atoms with E-state index in [4.69, 9.17) is 9.47 Å². The van der Waals surface area contributed by atoms with Crippen molar-refractivity contribution in [2.45, 2.75) is 19.4 Å². The Hall–Kier alpha value is -2.60. The third-order valence-electron chi connectivity index (χ3n) is 4.86. The van der Waals surface area contributed by atoms with Crippen molar-refractivity contribution >= 4 is 11.6 Å². The SMILES string of the molecule is COc1ccc(NC(=O)[C@@H]2CCCN(Cc3ccc(F)cc3)C2)c(OC)c1. The van der Waals surface area contributed by atoms with Crippen LogP contribution < -0.4 is 14.8 Å². The molecule has 0 radical (unpaired) electrons.